The van der Waals surface area contributed by atoms with Crippen LogP contribution in [0.5, 0.6) is 0 Å². The Morgan fingerprint density at radius 1 is 1.00 bits per heavy atom. The fourth-order valence-electron chi connectivity index (χ4n) is 3.12. The van der Waals surface area contributed by atoms with Crippen molar-refractivity contribution in [2.45, 2.75) is 12.5 Å². The van der Waals surface area contributed by atoms with Gasteiger partial charge in [-0.15, -0.1) is 0 Å². The zero-order chi connectivity index (χ0) is 16.5. The molecule has 0 bridgehead atoms. The lowest BCUT2D eigenvalue weighted by atomic mass is 10.2. The molecule has 3 aromatic rings. The summed E-state index contributed by atoms with van der Waals surface area (Å²) in [5.74, 6) is 1.54. The highest BCUT2D eigenvalue weighted by Crippen LogP contribution is 2.35. The number of hydrogen-bond acceptors (Lipinski definition) is 3. The Kier molecular flexibility index (Phi) is 4.00. The van der Waals surface area contributed by atoms with E-state index in [4.69, 9.17) is 16.6 Å². The first-order valence-electron chi connectivity index (χ1n) is 8.06. The number of aromatic nitrogens is 2. The number of nitrogens with zero attached hydrogens (tertiary/aromatic N) is 3. The van der Waals surface area contributed by atoms with Crippen molar-refractivity contribution in [2.24, 2.45) is 0 Å². The van der Waals surface area contributed by atoms with E-state index in [0.29, 0.717) is 11.7 Å². The molecule has 0 radical (unpaired) electrons. The van der Waals surface area contributed by atoms with Gasteiger partial charge in [0.2, 0.25) is 0 Å². The molecular weight excluding hydrogens is 322 g/mol. The fraction of sp³-hybridized carbons (Fsp3) is 0.211. The van der Waals surface area contributed by atoms with Gasteiger partial charge in [0.15, 0.2) is 11.0 Å². The molecule has 1 atom stereocenters. The minimum atomic E-state index is -0.317. The van der Waals surface area contributed by atoms with Crippen molar-refractivity contribution in [3.63, 3.8) is 0 Å². The van der Waals surface area contributed by atoms with E-state index < -0.39 is 0 Å². The van der Waals surface area contributed by atoms with Crippen LogP contribution in [0.25, 0.3) is 17.1 Å². The van der Waals surface area contributed by atoms with Gasteiger partial charge in [0, 0.05) is 24.3 Å². The molecular formula is C19H18ClN3O. The van der Waals surface area contributed by atoms with Crippen molar-refractivity contribution in [3.8, 4) is 17.1 Å². The van der Waals surface area contributed by atoms with E-state index in [-0.39, 0.29) is 6.10 Å². The van der Waals surface area contributed by atoms with Crippen LogP contribution in [0.3, 0.4) is 0 Å². The van der Waals surface area contributed by atoms with Gasteiger partial charge in [0.05, 0.1) is 6.10 Å². The Balaban J connectivity index is 1.88. The maximum atomic E-state index is 9.84. The van der Waals surface area contributed by atoms with Gasteiger partial charge in [-0.1, -0.05) is 60.1 Å². The second-order valence-corrected chi connectivity index (χ2v) is 6.33. The van der Waals surface area contributed by atoms with E-state index in [9.17, 15) is 5.11 Å². The Morgan fingerprint density at radius 3 is 2.29 bits per heavy atom. The van der Waals surface area contributed by atoms with E-state index >= 15 is 0 Å². The number of β-amino-alcohol motifs (C(OH)–C–C–N with tert-alkyl or cyclic N) is 1. The molecule has 1 aliphatic rings. The number of aliphatic hydroxyl groups excluding tert-OH is 1. The quantitative estimate of drug-likeness (QED) is 0.790. The van der Waals surface area contributed by atoms with Crippen LogP contribution in [-0.4, -0.2) is 33.9 Å². The van der Waals surface area contributed by atoms with Crippen LogP contribution in [-0.2, 0) is 0 Å². The number of anilines is 1. The fourth-order valence-corrected chi connectivity index (χ4v) is 3.46. The largest absolute Gasteiger partial charge is 0.391 e. The summed E-state index contributed by atoms with van der Waals surface area (Å²) in [6, 6.07) is 20.0. The predicted molar refractivity (Wildman–Crippen MR) is 96.8 cm³/mol. The molecule has 1 saturated heterocycles. The van der Waals surface area contributed by atoms with Gasteiger partial charge in [-0.3, -0.25) is 4.57 Å². The molecule has 4 rings (SSSR count). The normalized spacial score (nSPS) is 17.4. The Bertz CT molecular complexity index is 833. The average molecular weight is 340 g/mol. The minimum Gasteiger partial charge on any atom is -0.391 e. The van der Waals surface area contributed by atoms with Crippen molar-refractivity contribution < 1.29 is 5.11 Å². The second-order valence-electron chi connectivity index (χ2n) is 5.98. The molecule has 24 heavy (non-hydrogen) atoms. The number of halogens is 1. The van der Waals surface area contributed by atoms with Crippen LogP contribution < -0.4 is 4.90 Å². The molecule has 4 nitrogen and oxygen atoms in total. The summed E-state index contributed by atoms with van der Waals surface area (Å²) in [5, 5.41) is 10.4. The molecule has 1 unspecified atom stereocenters. The number of hydrogen-bond donors (Lipinski definition) is 1. The Hall–Kier alpha value is -2.30. The number of benzene rings is 2. The van der Waals surface area contributed by atoms with E-state index in [1.807, 2.05) is 65.2 Å². The predicted octanol–water partition coefficient (Wildman–Crippen LogP) is 3.76. The van der Waals surface area contributed by atoms with Gasteiger partial charge in [0.25, 0.3) is 0 Å². The van der Waals surface area contributed by atoms with Crippen LogP contribution in [0.4, 0.5) is 5.82 Å². The van der Waals surface area contributed by atoms with Crippen LogP contribution in [0.15, 0.2) is 60.7 Å². The monoisotopic (exact) mass is 339 g/mol. The van der Waals surface area contributed by atoms with Gasteiger partial charge in [-0.25, -0.2) is 4.98 Å². The molecule has 0 amide bonds. The number of para-hydroxylation sites is 1. The average Bonchev–Trinajstić information content (AvgIpc) is 3.20. The van der Waals surface area contributed by atoms with E-state index in [1.54, 1.807) is 0 Å². The highest BCUT2D eigenvalue weighted by molar-refractivity contribution is 6.32. The molecule has 1 aromatic heterocycles. The third kappa shape index (κ3) is 2.68. The van der Waals surface area contributed by atoms with E-state index in [0.717, 1.165) is 35.9 Å². The highest BCUT2D eigenvalue weighted by atomic mass is 35.5. The maximum absolute atomic E-state index is 9.84. The lowest BCUT2D eigenvalue weighted by molar-refractivity contribution is 0.198. The van der Waals surface area contributed by atoms with Crippen molar-refractivity contribution >= 4 is 17.4 Å². The third-order valence-electron chi connectivity index (χ3n) is 4.31. The number of aliphatic hydroxyl groups is 1. The Morgan fingerprint density at radius 2 is 1.67 bits per heavy atom. The maximum Gasteiger partial charge on any atom is 0.167 e. The zero-order valence-corrected chi connectivity index (χ0v) is 13.9. The highest BCUT2D eigenvalue weighted by Gasteiger charge is 2.27. The lowest BCUT2D eigenvalue weighted by Gasteiger charge is -2.15. The summed E-state index contributed by atoms with van der Waals surface area (Å²) in [6.45, 7) is 1.33. The zero-order valence-electron chi connectivity index (χ0n) is 13.1. The van der Waals surface area contributed by atoms with Gasteiger partial charge in [-0.05, 0) is 18.6 Å². The standard InChI is InChI=1S/C19H18ClN3O/c20-17-19(22-12-11-16(24)13-22)21-18(14-7-3-1-4-8-14)23(17)15-9-5-2-6-10-15/h1-10,16,24H,11-13H2. The van der Waals surface area contributed by atoms with Crippen molar-refractivity contribution in [1.82, 2.24) is 9.55 Å². The molecule has 122 valence electrons. The third-order valence-corrected chi connectivity index (χ3v) is 4.65. The van der Waals surface area contributed by atoms with E-state index in [1.165, 1.54) is 0 Å². The van der Waals surface area contributed by atoms with Crippen LogP contribution in [0.1, 0.15) is 6.42 Å². The van der Waals surface area contributed by atoms with Crippen LogP contribution in [0, 0.1) is 0 Å². The molecule has 2 aromatic carbocycles. The summed E-state index contributed by atoms with van der Waals surface area (Å²) in [6.07, 6.45) is 0.429. The molecule has 0 spiro atoms. The topological polar surface area (TPSA) is 41.3 Å². The van der Waals surface area contributed by atoms with Gasteiger partial charge < -0.3 is 10.0 Å². The number of imidazole rings is 1. The lowest BCUT2D eigenvalue weighted by Crippen LogP contribution is -2.21. The van der Waals surface area contributed by atoms with Crippen molar-refractivity contribution in [3.05, 3.63) is 65.8 Å². The summed E-state index contributed by atoms with van der Waals surface area (Å²) < 4.78 is 1.97. The first-order chi connectivity index (χ1) is 11.7. The van der Waals surface area contributed by atoms with Gasteiger partial charge in [-0.2, -0.15) is 0 Å². The first-order valence-corrected chi connectivity index (χ1v) is 8.44. The van der Waals surface area contributed by atoms with Gasteiger partial charge >= 0.3 is 0 Å². The summed E-state index contributed by atoms with van der Waals surface area (Å²) in [7, 11) is 0. The van der Waals surface area contributed by atoms with E-state index in [2.05, 4.69) is 4.90 Å². The molecule has 1 fully saturated rings. The molecule has 5 heteroatoms. The molecule has 0 aliphatic carbocycles. The molecule has 1 aliphatic heterocycles. The first kappa shape index (κ1) is 15.2. The Labute approximate surface area is 145 Å². The van der Waals surface area contributed by atoms with Crippen LogP contribution >= 0.6 is 11.6 Å². The molecule has 0 saturated carbocycles. The molecule has 1 N–H and O–H groups in total. The molecule has 2 heterocycles. The van der Waals surface area contributed by atoms with Crippen LogP contribution in [0.2, 0.25) is 5.15 Å². The number of rotatable bonds is 3. The van der Waals surface area contributed by atoms with Gasteiger partial charge in [0.1, 0.15) is 5.82 Å². The summed E-state index contributed by atoms with van der Waals surface area (Å²) >= 11 is 6.72. The van der Waals surface area contributed by atoms with Crippen molar-refractivity contribution in [1.29, 1.82) is 0 Å². The SMILES string of the molecule is OC1CCN(c2nc(-c3ccccc3)n(-c3ccccc3)c2Cl)C1. The smallest absolute Gasteiger partial charge is 0.167 e. The minimum absolute atomic E-state index is 0.317. The second kappa shape index (κ2) is 6.30. The summed E-state index contributed by atoms with van der Waals surface area (Å²) in [5.41, 5.74) is 1.98. The summed E-state index contributed by atoms with van der Waals surface area (Å²) in [4.78, 5) is 6.87. The van der Waals surface area contributed by atoms with Crippen molar-refractivity contribution in [2.75, 3.05) is 18.0 Å².